The van der Waals surface area contributed by atoms with Crippen molar-refractivity contribution < 1.29 is 4.79 Å². The molecule has 0 bridgehead atoms. The number of nitrogens with zero attached hydrogens (tertiary/aromatic N) is 1. The molecule has 0 atom stereocenters. The van der Waals surface area contributed by atoms with Gasteiger partial charge in [-0.1, -0.05) is 31.9 Å². The third-order valence-electron chi connectivity index (χ3n) is 2.57. The predicted octanol–water partition coefficient (Wildman–Crippen LogP) is 3.01. The van der Waals surface area contributed by atoms with Gasteiger partial charge >= 0.3 is 0 Å². The molecule has 2 heteroatoms. The Balaban J connectivity index is 2.52. The molecular weight excluding hydrogens is 186 g/mol. The number of unbranched alkanes of at least 4 members (excludes halogenated alkanes) is 2. The number of benzene rings is 1. The lowest BCUT2D eigenvalue weighted by Crippen LogP contribution is -2.13. The van der Waals surface area contributed by atoms with E-state index >= 15 is 0 Å². The van der Waals surface area contributed by atoms with Crippen LogP contribution in [0.2, 0.25) is 0 Å². The first-order valence-electron chi connectivity index (χ1n) is 5.55. The molecule has 0 N–H and O–H groups in total. The lowest BCUT2D eigenvalue weighted by molar-refractivity contribution is -0.107. The van der Waals surface area contributed by atoms with Gasteiger partial charge in [0.25, 0.3) is 0 Å². The van der Waals surface area contributed by atoms with Gasteiger partial charge in [0, 0.05) is 12.7 Å². The molecule has 15 heavy (non-hydrogen) atoms. The van der Waals surface area contributed by atoms with Crippen LogP contribution in [-0.2, 0) is 11.2 Å². The fourth-order valence-electron chi connectivity index (χ4n) is 1.54. The number of hydrogen-bond donors (Lipinski definition) is 0. The summed E-state index contributed by atoms with van der Waals surface area (Å²) in [5, 5.41) is 0. The molecule has 1 rings (SSSR count). The SMILES string of the molecule is CCCCCc1ccc(N(C)C=O)cc1. The van der Waals surface area contributed by atoms with E-state index in [-0.39, 0.29) is 0 Å². The number of hydrogen-bond acceptors (Lipinski definition) is 1. The molecule has 0 heterocycles. The Kier molecular flexibility index (Phi) is 4.88. The molecule has 1 amide bonds. The molecule has 0 spiro atoms. The number of carbonyl (C=O) groups excluding carboxylic acids is 1. The van der Waals surface area contributed by atoms with Crippen molar-refractivity contribution in [2.45, 2.75) is 32.6 Å². The largest absolute Gasteiger partial charge is 0.318 e. The van der Waals surface area contributed by atoms with Gasteiger partial charge in [0.05, 0.1) is 0 Å². The standard InChI is InChI=1S/C13H19NO/c1-3-4-5-6-12-7-9-13(10-8-12)14(2)11-15/h7-11H,3-6H2,1-2H3. The lowest BCUT2D eigenvalue weighted by Gasteiger charge is -2.10. The van der Waals surface area contributed by atoms with E-state index in [0.29, 0.717) is 0 Å². The van der Waals surface area contributed by atoms with Gasteiger partial charge in [0.1, 0.15) is 0 Å². The van der Waals surface area contributed by atoms with E-state index in [2.05, 4.69) is 19.1 Å². The van der Waals surface area contributed by atoms with Crippen LogP contribution in [0.25, 0.3) is 0 Å². The van der Waals surface area contributed by atoms with E-state index in [1.54, 1.807) is 11.9 Å². The molecular formula is C13H19NO. The third-order valence-corrected chi connectivity index (χ3v) is 2.57. The van der Waals surface area contributed by atoms with Gasteiger partial charge in [0.15, 0.2) is 0 Å². The molecule has 0 fully saturated rings. The highest BCUT2D eigenvalue weighted by atomic mass is 16.1. The third kappa shape index (κ3) is 3.74. The number of carbonyl (C=O) groups is 1. The zero-order valence-electron chi connectivity index (χ0n) is 9.57. The normalized spacial score (nSPS) is 10.0. The first-order valence-corrected chi connectivity index (χ1v) is 5.55. The quantitative estimate of drug-likeness (QED) is 0.516. The number of aryl methyl sites for hydroxylation is 1. The van der Waals surface area contributed by atoms with Gasteiger partial charge in [0.2, 0.25) is 6.41 Å². The Bertz CT molecular complexity index is 292. The Morgan fingerprint density at radius 2 is 1.87 bits per heavy atom. The number of anilines is 1. The summed E-state index contributed by atoms with van der Waals surface area (Å²) in [7, 11) is 1.76. The summed E-state index contributed by atoms with van der Waals surface area (Å²) in [6, 6.07) is 8.20. The highest BCUT2D eigenvalue weighted by Gasteiger charge is 1.98. The molecule has 0 radical (unpaired) electrons. The zero-order valence-corrected chi connectivity index (χ0v) is 9.57. The highest BCUT2D eigenvalue weighted by Crippen LogP contribution is 2.14. The van der Waals surface area contributed by atoms with Gasteiger partial charge in [-0.15, -0.1) is 0 Å². The summed E-state index contributed by atoms with van der Waals surface area (Å²) in [5.74, 6) is 0. The first kappa shape index (κ1) is 11.8. The van der Waals surface area contributed by atoms with E-state index in [0.717, 1.165) is 18.5 Å². The molecule has 0 aliphatic heterocycles. The Morgan fingerprint density at radius 1 is 1.20 bits per heavy atom. The Hall–Kier alpha value is -1.31. The molecule has 0 unspecified atom stereocenters. The average molecular weight is 205 g/mol. The fraction of sp³-hybridized carbons (Fsp3) is 0.462. The first-order chi connectivity index (χ1) is 7.27. The van der Waals surface area contributed by atoms with Crippen LogP contribution in [0.5, 0.6) is 0 Å². The minimum absolute atomic E-state index is 0.825. The second kappa shape index (κ2) is 6.23. The van der Waals surface area contributed by atoms with E-state index in [4.69, 9.17) is 0 Å². The lowest BCUT2D eigenvalue weighted by atomic mass is 10.1. The summed E-state index contributed by atoms with van der Waals surface area (Å²) in [6.45, 7) is 2.21. The van der Waals surface area contributed by atoms with Gasteiger partial charge in [-0.05, 0) is 30.5 Å². The maximum atomic E-state index is 10.5. The average Bonchev–Trinajstić information content (AvgIpc) is 2.29. The van der Waals surface area contributed by atoms with Gasteiger partial charge in [-0.2, -0.15) is 0 Å². The summed E-state index contributed by atoms with van der Waals surface area (Å²) in [6.07, 6.45) is 5.76. The highest BCUT2D eigenvalue weighted by molar-refractivity contribution is 5.74. The maximum Gasteiger partial charge on any atom is 0.213 e. The Morgan fingerprint density at radius 3 is 2.40 bits per heavy atom. The van der Waals surface area contributed by atoms with E-state index in [1.807, 2.05) is 12.1 Å². The van der Waals surface area contributed by atoms with Crippen molar-refractivity contribution in [3.8, 4) is 0 Å². The van der Waals surface area contributed by atoms with E-state index in [1.165, 1.54) is 24.8 Å². The molecule has 0 aliphatic carbocycles. The van der Waals surface area contributed by atoms with Crippen LogP contribution in [0, 0.1) is 0 Å². The fourth-order valence-corrected chi connectivity index (χ4v) is 1.54. The van der Waals surface area contributed by atoms with Gasteiger partial charge in [-0.25, -0.2) is 0 Å². The molecule has 1 aromatic carbocycles. The van der Waals surface area contributed by atoms with E-state index < -0.39 is 0 Å². The number of amides is 1. The van der Waals surface area contributed by atoms with Crippen molar-refractivity contribution in [3.63, 3.8) is 0 Å². The molecule has 82 valence electrons. The maximum absolute atomic E-state index is 10.5. The minimum atomic E-state index is 0.825. The van der Waals surface area contributed by atoms with Crippen LogP contribution in [0.3, 0.4) is 0 Å². The van der Waals surface area contributed by atoms with Crippen molar-refractivity contribution in [1.29, 1.82) is 0 Å². The smallest absolute Gasteiger partial charge is 0.213 e. The summed E-state index contributed by atoms with van der Waals surface area (Å²) in [5.41, 5.74) is 2.30. The number of rotatable bonds is 6. The molecule has 2 nitrogen and oxygen atoms in total. The van der Waals surface area contributed by atoms with Crippen molar-refractivity contribution >= 4 is 12.1 Å². The van der Waals surface area contributed by atoms with Crippen LogP contribution in [0.1, 0.15) is 31.7 Å². The molecule has 0 aromatic heterocycles. The molecule has 0 saturated carbocycles. The van der Waals surface area contributed by atoms with Crippen LogP contribution < -0.4 is 4.90 Å². The topological polar surface area (TPSA) is 20.3 Å². The molecule has 0 saturated heterocycles. The molecule has 0 aliphatic rings. The van der Waals surface area contributed by atoms with Crippen LogP contribution in [-0.4, -0.2) is 13.5 Å². The zero-order chi connectivity index (χ0) is 11.1. The summed E-state index contributed by atoms with van der Waals surface area (Å²) in [4.78, 5) is 12.1. The van der Waals surface area contributed by atoms with Gasteiger partial charge in [-0.3, -0.25) is 4.79 Å². The van der Waals surface area contributed by atoms with Crippen molar-refractivity contribution in [1.82, 2.24) is 0 Å². The minimum Gasteiger partial charge on any atom is -0.318 e. The predicted molar refractivity (Wildman–Crippen MR) is 64.1 cm³/mol. The second-order valence-electron chi connectivity index (χ2n) is 3.84. The van der Waals surface area contributed by atoms with Crippen LogP contribution in [0.15, 0.2) is 24.3 Å². The van der Waals surface area contributed by atoms with Crippen LogP contribution in [0.4, 0.5) is 5.69 Å². The van der Waals surface area contributed by atoms with Crippen molar-refractivity contribution in [2.24, 2.45) is 0 Å². The molecule has 1 aromatic rings. The van der Waals surface area contributed by atoms with E-state index in [9.17, 15) is 4.79 Å². The van der Waals surface area contributed by atoms with Gasteiger partial charge < -0.3 is 4.90 Å². The van der Waals surface area contributed by atoms with Crippen molar-refractivity contribution in [2.75, 3.05) is 11.9 Å². The summed E-state index contributed by atoms with van der Waals surface area (Å²) >= 11 is 0. The Labute approximate surface area is 91.9 Å². The second-order valence-corrected chi connectivity index (χ2v) is 3.84. The summed E-state index contributed by atoms with van der Waals surface area (Å²) < 4.78 is 0. The van der Waals surface area contributed by atoms with Crippen LogP contribution >= 0.6 is 0 Å². The van der Waals surface area contributed by atoms with Crippen molar-refractivity contribution in [3.05, 3.63) is 29.8 Å². The monoisotopic (exact) mass is 205 g/mol.